The number of carbonyl (C=O) groups excluding carboxylic acids is 3. The van der Waals surface area contributed by atoms with Crippen molar-refractivity contribution in [3.8, 4) is 0 Å². The van der Waals surface area contributed by atoms with Gasteiger partial charge in [-0.05, 0) is 0 Å². The van der Waals surface area contributed by atoms with Gasteiger partial charge in [0.15, 0.2) is 44.0 Å². The summed E-state index contributed by atoms with van der Waals surface area (Å²) in [6.45, 7) is -5.84. The second kappa shape index (κ2) is 36.9. The van der Waals surface area contributed by atoms with Crippen LogP contribution in [0, 0.1) is 0 Å². The van der Waals surface area contributed by atoms with Crippen LogP contribution in [0.1, 0.15) is 27.2 Å². The van der Waals surface area contributed by atoms with Gasteiger partial charge in [0.05, 0.1) is 65.0 Å². The average Bonchev–Trinajstić information content (AvgIpc) is 0.773. The molecule has 41 atom stereocenters. The highest BCUT2D eigenvalue weighted by molar-refractivity contribution is 5.76. The molecule has 8 saturated heterocycles. The number of rotatable bonds is 28. The molecule has 0 aliphatic carbocycles. The van der Waals surface area contributed by atoms with Crippen LogP contribution >= 0.6 is 0 Å². The third-order valence-electron chi connectivity index (χ3n) is 18.9. The molecule has 8 aliphatic rings. The molecule has 0 bridgehead atoms. The molecule has 8 aliphatic heterocycles. The van der Waals surface area contributed by atoms with E-state index in [-0.39, 0.29) is 0 Å². The summed E-state index contributed by atoms with van der Waals surface area (Å²) in [5, 5.41) is 270. The Morgan fingerprint density at radius 2 is 0.808 bits per heavy atom. The van der Waals surface area contributed by atoms with Crippen molar-refractivity contribution in [2.24, 2.45) is 5.73 Å². The number of nitrogens with one attached hydrogen (secondary N) is 3. The number of carbonyl (C=O) groups is 4. The maximum Gasteiger partial charge on any atom is 0.364 e. The van der Waals surface area contributed by atoms with Crippen LogP contribution < -0.4 is 21.7 Å². The fourth-order valence-corrected chi connectivity index (χ4v) is 13.2. The van der Waals surface area contributed by atoms with E-state index >= 15 is 0 Å². The molecule has 0 radical (unpaired) electrons. The van der Waals surface area contributed by atoms with Crippen molar-refractivity contribution in [1.29, 1.82) is 0 Å². The maximum absolute atomic E-state index is 13.0. The molecule has 8 heterocycles. The molecular weight excluding hydrogens is 1430 g/mol. The maximum atomic E-state index is 13.0. The molecule has 0 aromatic heterocycles. The average molecular weight is 1530 g/mol. The van der Waals surface area contributed by atoms with E-state index in [0.717, 1.165) is 20.8 Å². The standard InChI is InChI=1S/C57H96N4O43/c1-13(68)59-26-34(78)43(20(8-65)92-49(26)87)99-50-27(60-14(2)69)35(79)45(22(10-67)95-50)101-54-42(86)47(33(77)23(97-54)11-90-52-40(84)37(81)30(74)18(6-63)93-52)102-55-48(39(83)31(75)19(7-64)94-55)103-51-28(61-15(3)70)36(80)44(21(9-66)96-51)100-53-41(85)38(82)32(76)24(98-53)12-91-57(56(88)89)4-16(71)25(58)46(104-57)29(73)17(72)5-62/h16-55,62-67,71-87H,4-12,58H2,1-3H3,(H,59,68)(H,60,69)(H,61,70)(H,88,89)/t16-,17+,18+,19+,20+,21+,22+,23+,24+,25+,26+,27+,28+,29+,30+,31+,32-,33+,34+,35+,36+,37-,38-,39-,40-,41+,42-,43+,44+,45+,46+,47-,48-,49+,50-,51-,52-,53-,54-,55+,57+/m0/s1. The monoisotopic (exact) mass is 1520 g/mol. The summed E-state index contributed by atoms with van der Waals surface area (Å²) >= 11 is 0. The summed E-state index contributed by atoms with van der Waals surface area (Å²) in [4.78, 5) is 50.6. The zero-order chi connectivity index (χ0) is 77.0. The van der Waals surface area contributed by atoms with Crippen molar-refractivity contribution >= 4 is 23.7 Å². The van der Waals surface area contributed by atoms with Gasteiger partial charge in [0.1, 0.15) is 189 Å². The number of aliphatic hydroxyl groups is 23. The van der Waals surface area contributed by atoms with Gasteiger partial charge in [0.25, 0.3) is 5.79 Å². The number of hydrogen-bond donors (Lipinski definition) is 28. The van der Waals surface area contributed by atoms with Crippen LogP contribution in [0.5, 0.6) is 0 Å². The smallest absolute Gasteiger partial charge is 0.364 e. The third kappa shape index (κ3) is 18.7. The molecule has 47 nitrogen and oxygen atoms in total. The van der Waals surface area contributed by atoms with Gasteiger partial charge < -0.3 is 215 Å². The van der Waals surface area contributed by atoms with Gasteiger partial charge in [-0.25, -0.2) is 4.79 Å². The van der Waals surface area contributed by atoms with E-state index in [2.05, 4.69) is 16.0 Å². The van der Waals surface area contributed by atoms with Crippen molar-refractivity contribution in [2.75, 3.05) is 52.9 Å². The lowest BCUT2D eigenvalue weighted by molar-refractivity contribution is -0.397. The number of carboxylic acid groups (broad SMARTS) is 1. The number of hydrogen-bond acceptors (Lipinski definition) is 43. The van der Waals surface area contributed by atoms with Gasteiger partial charge in [0, 0.05) is 27.2 Å². The topological polar surface area (TPSA) is 754 Å². The van der Waals surface area contributed by atoms with Gasteiger partial charge in [-0.2, -0.15) is 0 Å². The predicted molar refractivity (Wildman–Crippen MR) is 318 cm³/mol. The third-order valence-corrected chi connectivity index (χ3v) is 18.9. The summed E-state index contributed by atoms with van der Waals surface area (Å²) in [6, 6.07) is -7.09. The number of amides is 3. The molecule has 0 spiro atoms. The first kappa shape index (κ1) is 85.9. The molecule has 104 heavy (non-hydrogen) atoms. The molecule has 0 saturated carbocycles. The lowest BCUT2D eigenvalue weighted by atomic mass is 9.89. The zero-order valence-corrected chi connectivity index (χ0v) is 55.5. The second-order valence-corrected chi connectivity index (χ2v) is 26.2. The Bertz CT molecular complexity index is 2750. The fourth-order valence-electron chi connectivity index (χ4n) is 13.2. The molecule has 0 aromatic rings. The number of ether oxygens (including phenoxy) is 15. The van der Waals surface area contributed by atoms with E-state index in [1.165, 1.54) is 0 Å². The summed E-state index contributed by atoms with van der Waals surface area (Å²) in [6.07, 6.45) is -76.1. The predicted octanol–water partition coefficient (Wildman–Crippen LogP) is -18.8. The van der Waals surface area contributed by atoms with Crippen LogP contribution in [0.4, 0.5) is 0 Å². The van der Waals surface area contributed by atoms with Crippen LogP contribution in [-0.2, 0) is 90.2 Å². The minimum absolute atomic E-state index is 0.766. The van der Waals surface area contributed by atoms with Gasteiger partial charge in [-0.15, -0.1) is 0 Å². The molecule has 29 N–H and O–H groups in total. The lowest BCUT2D eigenvalue weighted by Crippen LogP contribution is -2.71. The molecular formula is C57H96N4O43. The van der Waals surface area contributed by atoms with Gasteiger partial charge in [0.2, 0.25) is 17.7 Å². The fraction of sp³-hybridized carbons (Fsp3) is 0.930. The van der Waals surface area contributed by atoms with Crippen LogP contribution in [0.15, 0.2) is 0 Å². The summed E-state index contributed by atoms with van der Waals surface area (Å²) < 4.78 is 87.3. The molecule has 0 unspecified atom stereocenters. The molecule has 8 fully saturated rings. The SMILES string of the molecule is CC(=O)N[C@@H]1[C@@H](O)[C@H](O[C@@H]2O[C@H](CO)[C@@H](O[C@@H]3O[C@H](CO[C@H]4O[C@H](CO)[C@@H](O)[C@H](O)[C@@H]4O)[C@@H](O)[C@H](O[C@H]4O[C@H](CO)[C@@H](O)[C@H](O)[C@@H]4O[C@@H]4O[C@H](CO)[C@@H](O[C@@H]5O[C@H](CO[C@]6(C(=O)O)C[C@H](O)[C@@H](N)[C@H]([C@H](O)[C@H](O)CO)O6)[C@H](O)[C@H](O)[C@H]5O)[C@H](O)[C@H]4NC(C)=O)[C@@H]3O)[C@H](O)[C@H]2NC(C)=O)[C@@H](CO)O[C@H]1O. The highest BCUT2D eigenvalue weighted by Crippen LogP contribution is 2.40. The number of aliphatic hydroxyl groups excluding tert-OH is 23. The highest BCUT2D eigenvalue weighted by atomic mass is 16.8. The van der Waals surface area contributed by atoms with Gasteiger partial charge >= 0.3 is 5.97 Å². The number of nitrogens with two attached hydrogens (primary N) is 1. The van der Waals surface area contributed by atoms with E-state index in [1.807, 2.05) is 0 Å². The summed E-state index contributed by atoms with van der Waals surface area (Å²) in [5.41, 5.74) is 5.94. The first-order valence-electron chi connectivity index (χ1n) is 32.8. The van der Waals surface area contributed by atoms with Crippen LogP contribution in [0.2, 0.25) is 0 Å². The minimum Gasteiger partial charge on any atom is -0.477 e. The van der Waals surface area contributed by atoms with Crippen molar-refractivity contribution in [3.05, 3.63) is 0 Å². The van der Waals surface area contributed by atoms with E-state index in [9.17, 15) is 142 Å². The Morgan fingerprint density at radius 3 is 1.29 bits per heavy atom. The Morgan fingerprint density at radius 1 is 0.423 bits per heavy atom. The van der Waals surface area contributed by atoms with E-state index < -0.39 is 334 Å². The Kier molecular flexibility index (Phi) is 30.5. The van der Waals surface area contributed by atoms with Crippen LogP contribution in [0.3, 0.4) is 0 Å². The number of aliphatic carboxylic acids is 1. The first-order chi connectivity index (χ1) is 49.0. The van der Waals surface area contributed by atoms with Crippen LogP contribution in [0.25, 0.3) is 0 Å². The normalized spacial score (nSPS) is 48.0. The Hall–Kier alpha value is -3.68. The van der Waals surface area contributed by atoms with E-state index in [4.69, 9.17) is 76.8 Å². The summed E-state index contributed by atoms with van der Waals surface area (Å²) in [5.74, 6) is -7.63. The Balaban J connectivity index is 1.06. The van der Waals surface area contributed by atoms with Crippen molar-refractivity contribution in [2.45, 2.75) is 278 Å². The first-order valence-corrected chi connectivity index (χ1v) is 32.8. The van der Waals surface area contributed by atoms with Crippen molar-refractivity contribution in [3.63, 3.8) is 0 Å². The van der Waals surface area contributed by atoms with Crippen LogP contribution in [-0.4, -0.2) is 450 Å². The minimum atomic E-state index is -2.98. The largest absolute Gasteiger partial charge is 0.477 e. The zero-order valence-electron chi connectivity index (χ0n) is 55.5. The van der Waals surface area contributed by atoms with E-state index in [1.54, 1.807) is 0 Å². The molecule has 8 rings (SSSR count). The van der Waals surface area contributed by atoms with Gasteiger partial charge in [-0.3, -0.25) is 14.4 Å². The number of carboxylic acids is 1. The molecule has 0 aromatic carbocycles. The quantitative estimate of drug-likeness (QED) is 0.0346. The highest BCUT2D eigenvalue weighted by Gasteiger charge is 2.61. The second-order valence-electron chi connectivity index (χ2n) is 26.2. The van der Waals surface area contributed by atoms with Crippen molar-refractivity contribution < 1.29 is 213 Å². The Labute approximate surface area is 588 Å². The van der Waals surface area contributed by atoms with E-state index in [0.29, 0.717) is 0 Å². The summed E-state index contributed by atoms with van der Waals surface area (Å²) in [7, 11) is 0. The molecule has 602 valence electrons. The molecule has 3 amide bonds. The lowest BCUT2D eigenvalue weighted by Gasteiger charge is -2.51. The molecule has 47 heteroatoms. The van der Waals surface area contributed by atoms with Gasteiger partial charge in [-0.1, -0.05) is 0 Å². The van der Waals surface area contributed by atoms with Crippen molar-refractivity contribution in [1.82, 2.24) is 16.0 Å².